The van der Waals surface area contributed by atoms with E-state index >= 15 is 0 Å². The van der Waals surface area contributed by atoms with Crippen molar-refractivity contribution in [3.8, 4) is 0 Å². The van der Waals surface area contributed by atoms with E-state index in [0.717, 1.165) is 4.90 Å². The molecule has 2 bridgehead atoms. The molecule has 2 aliphatic heterocycles. The molecule has 1 saturated heterocycles. The van der Waals surface area contributed by atoms with E-state index in [1.54, 1.807) is 13.0 Å². The van der Waals surface area contributed by atoms with E-state index in [1.165, 1.54) is 0 Å². The molecule has 11 heteroatoms. The summed E-state index contributed by atoms with van der Waals surface area (Å²) < 4.78 is 34.6. The second kappa shape index (κ2) is 5.60. The van der Waals surface area contributed by atoms with Gasteiger partial charge in [-0.25, -0.2) is 4.79 Å². The molecule has 2 rings (SSSR count). The molecule has 2 atom stereocenters. The molecule has 0 saturated carbocycles. The molecule has 0 aromatic heterocycles. The number of urea groups is 1. The third-order valence-electron chi connectivity index (χ3n) is 3.26. The molecule has 0 aliphatic carbocycles. The van der Waals surface area contributed by atoms with E-state index in [4.69, 9.17) is 10.3 Å². The van der Waals surface area contributed by atoms with Gasteiger partial charge in [0.25, 0.3) is 0 Å². The maximum absolute atomic E-state index is 12.1. The van der Waals surface area contributed by atoms with Crippen molar-refractivity contribution in [2.45, 2.75) is 19.0 Å². The van der Waals surface area contributed by atoms with E-state index in [9.17, 15) is 18.0 Å². The number of hydrogen-bond acceptors (Lipinski definition) is 6. The van der Waals surface area contributed by atoms with Crippen molar-refractivity contribution in [2.75, 3.05) is 19.6 Å². The van der Waals surface area contributed by atoms with Crippen LogP contribution in [0.4, 0.5) is 4.79 Å². The minimum Gasteiger partial charge on any atom is -0.353 e. The normalized spacial score (nSPS) is 25.1. The molecule has 21 heavy (non-hydrogen) atoms. The zero-order chi connectivity index (χ0) is 15.8. The fraction of sp³-hybridized carbons (Fsp3) is 0.600. The number of amides is 3. The number of fused-ring (bicyclic) bond motifs is 2. The van der Waals surface area contributed by atoms with Crippen molar-refractivity contribution in [3.05, 3.63) is 11.6 Å². The molecule has 0 aromatic carbocycles. The van der Waals surface area contributed by atoms with Crippen LogP contribution in [0.25, 0.3) is 0 Å². The smallest absolute Gasteiger partial charge is 0.353 e. The Morgan fingerprint density at radius 1 is 1.62 bits per heavy atom. The summed E-state index contributed by atoms with van der Waals surface area (Å²) in [7, 11) is -4.82. The first-order valence-electron chi connectivity index (χ1n) is 6.17. The van der Waals surface area contributed by atoms with Gasteiger partial charge in [0.05, 0.1) is 6.54 Å². The molecule has 4 N–H and O–H groups in total. The van der Waals surface area contributed by atoms with Crippen molar-refractivity contribution in [3.63, 3.8) is 0 Å². The molecular formula is C10H16N4O6S. The fourth-order valence-electron chi connectivity index (χ4n) is 2.31. The molecule has 2 heterocycles. The molecule has 118 valence electrons. The van der Waals surface area contributed by atoms with Gasteiger partial charge in [-0.3, -0.25) is 9.35 Å². The molecular weight excluding hydrogens is 304 g/mol. The Kier molecular flexibility index (Phi) is 4.18. The van der Waals surface area contributed by atoms with Crippen LogP contribution in [-0.2, 0) is 19.5 Å². The average Bonchev–Trinajstić information content (AvgIpc) is 2.65. The molecule has 2 unspecified atom stereocenters. The lowest BCUT2D eigenvalue weighted by molar-refractivity contribution is -0.123. The van der Waals surface area contributed by atoms with Crippen LogP contribution in [-0.4, -0.2) is 66.6 Å². The summed E-state index contributed by atoms with van der Waals surface area (Å²) in [5.74, 6) is -0.416. The second-order valence-corrected chi connectivity index (χ2v) is 5.72. The highest BCUT2D eigenvalue weighted by Crippen LogP contribution is 2.30. The number of nitrogens with two attached hydrogens (primary N) is 1. The summed E-state index contributed by atoms with van der Waals surface area (Å²) in [6.45, 7) is 2.26. The molecule has 0 aromatic rings. The Balaban J connectivity index is 2.21. The summed E-state index contributed by atoms with van der Waals surface area (Å²) in [5, 5.41) is 3.11. The number of carbonyl (C=O) groups is 2. The predicted molar refractivity (Wildman–Crippen MR) is 70.0 cm³/mol. The lowest BCUT2D eigenvalue weighted by Crippen LogP contribution is -2.49. The van der Waals surface area contributed by atoms with Gasteiger partial charge in [0.2, 0.25) is 5.91 Å². The topological polar surface area (TPSA) is 142 Å². The van der Waals surface area contributed by atoms with Crippen molar-refractivity contribution < 1.29 is 26.8 Å². The highest BCUT2D eigenvalue weighted by Gasteiger charge is 2.48. The fourth-order valence-corrected chi connectivity index (χ4v) is 2.68. The zero-order valence-corrected chi connectivity index (χ0v) is 12.0. The lowest BCUT2D eigenvalue weighted by atomic mass is 10.0. The second-order valence-electron chi connectivity index (χ2n) is 4.71. The van der Waals surface area contributed by atoms with Gasteiger partial charge in [-0.1, -0.05) is 6.08 Å². The number of hydroxylamine groups is 2. The van der Waals surface area contributed by atoms with E-state index in [-0.39, 0.29) is 19.6 Å². The van der Waals surface area contributed by atoms with Crippen LogP contribution in [0, 0.1) is 0 Å². The zero-order valence-electron chi connectivity index (χ0n) is 11.2. The molecule has 3 amide bonds. The third kappa shape index (κ3) is 3.15. The molecule has 1 fully saturated rings. The van der Waals surface area contributed by atoms with Gasteiger partial charge >= 0.3 is 16.4 Å². The lowest BCUT2D eigenvalue weighted by Gasteiger charge is -2.27. The summed E-state index contributed by atoms with van der Waals surface area (Å²) in [6, 6.07) is -2.34. The minimum atomic E-state index is -4.82. The Morgan fingerprint density at radius 3 is 2.86 bits per heavy atom. The summed E-state index contributed by atoms with van der Waals surface area (Å²) >= 11 is 0. The van der Waals surface area contributed by atoms with E-state index in [1.807, 2.05) is 0 Å². The number of carbonyl (C=O) groups excluding carboxylic acids is 2. The van der Waals surface area contributed by atoms with E-state index < -0.39 is 34.4 Å². The molecule has 0 radical (unpaired) electrons. The van der Waals surface area contributed by atoms with Crippen molar-refractivity contribution in [1.29, 1.82) is 0 Å². The highest BCUT2D eigenvalue weighted by atomic mass is 32.3. The first-order chi connectivity index (χ1) is 9.74. The van der Waals surface area contributed by atoms with Crippen molar-refractivity contribution in [2.24, 2.45) is 5.73 Å². The molecule has 10 nitrogen and oxygen atoms in total. The van der Waals surface area contributed by atoms with Gasteiger partial charge in [-0.2, -0.15) is 13.5 Å². The standard InChI is InChI=1S/C10H16N4O6S/c1-6-4-7(9(15)12-3-2-11)13-5-8(6)14(10(13)16)20-21(17,18)19/h4,7-8H,2-3,5,11H2,1H3,(H,12,15)(H,17,18,19). The van der Waals surface area contributed by atoms with Crippen LogP contribution in [0.3, 0.4) is 0 Å². The third-order valence-corrected chi connectivity index (χ3v) is 3.60. The number of rotatable bonds is 5. The van der Waals surface area contributed by atoms with Gasteiger partial charge in [-0.15, -0.1) is 4.28 Å². The molecule has 0 spiro atoms. The van der Waals surface area contributed by atoms with Crippen LogP contribution >= 0.6 is 0 Å². The maximum atomic E-state index is 12.1. The largest absolute Gasteiger partial charge is 0.418 e. The van der Waals surface area contributed by atoms with Crippen molar-refractivity contribution in [1.82, 2.24) is 15.3 Å². The van der Waals surface area contributed by atoms with Gasteiger partial charge in [0.1, 0.15) is 12.1 Å². The van der Waals surface area contributed by atoms with E-state index in [0.29, 0.717) is 10.6 Å². The summed E-state index contributed by atoms with van der Waals surface area (Å²) in [4.78, 5) is 25.3. The van der Waals surface area contributed by atoms with Gasteiger partial charge in [0.15, 0.2) is 0 Å². The number of nitrogens with one attached hydrogen (secondary N) is 1. The van der Waals surface area contributed by atoms with Crippen LogP contribution in [0.15, 0.2) is 11.6 Å². The first-order valence-corrected chi connectivity index (χ1v) is 7.54. The van der Waals surface area contributed by atoms with Crippen molar-refractivity contribution >= 4 is 22.3 Å². The predicted octanol–water partition coefficient (Wildman–Crippen LogP) is -1.77. The summed E-state index contributed by atoms with van der Waals surface area (Å²) in [6.07, 6.45) is 1.55. The quantitative estimate of drug-likeness (QED) is 0.402. The van der Waals surface area contributed by atoms with Crippen LogP contribution in [0.5, 0.6) is 0 Å². The Hall–Kier alpha value is -1.69. The highest BCUT2D eigenvalue weighted by molar-refractivity contribution is 7.80. The van der Waals surface area contributed by atoms with Gasteiger partial charge < -0.3 is 16.0 Å². The van der Waals surface area contributed by atoms with Crippen LogP contribution in [0.2, 0.25) is 0 Å². The number of hydrogen-bond donors (Lipinski definition) is 3. The SMILES string of the molecule is CC1=CC(C(=O)NCCN)N2CC1N(OS(=O)(=O)O)C2=O. The van der Waals surface area contributed by atoms with Gasteiger partial charge in [0, 0.05) is 13.1 Å². The number of nitrogens with zero attached hydrogens (tertiary/aromatic N) is 2. The molecule has 2 aliphatic rings. The average molecular weight is 320 g/mol. The maximum Gasteiger partial charge on any atom is 0.418 e. The van der Waals surface area contributed by atoms with Crippen LogP contribution < -0.4 is 11.1 Å². The Bertz CT molecular complexity index is 588. The summed E-state index contributed by atoms with van der Waals surface area (Å²) in [5.41, 5.74) is 5.89. The van der Waals surface area contributed by atoms with E-state index in [2.05, 4.69) is 9.60 Å². The Morgan fingerprint density at radius 2 is 2.29 bits per heavy atom. The Labute approximate surface area is 121 Å². The first kappa shape index (κ1) is 15.7. The minimum absolute atomic E-state index is 0.0946. The monoisotopic (exact) mass is 320 g/mol. The van der Waals surface area contributed by atoms with Gasteiger partial charge in [-0.05, 0) is 12.5 Å². The van der Waals surface area contributed by atoms with Crippen LogP contribution in [0.1, 0.15) is 6.92 Å².